The summed E-state index contributed by atoms with van der Waals surface area (Å²) in [6.45, 7) is 1.47. The van der Waals surface area contributed by atoms with Crippen molar-refractivity contribution >= 4 is 34.9 Å². The van der Waals surface area contributed by atoms with Gasteiger partial charge in [-0.15, -0.1) is 11.3 Å². The van der Waals surface area contributed by atoms with Gasteiger partial charge in [0.1, 0.15) is 18.6 Å². The SMILES string of the molecule is CC(=O)OCN1COCN(Cc2cnc(Cl)s2)/C1=N\[N+](=O)[O-]. The van der Waals surface area contributed by atoms with Crippen LogP contribution in [0.1, 0.15) is 11.8 Å². The number of nitrogens with zero attached hydrogens (tertiary/aromatic N) is 5. The number of carbonyl (C=O) groups is 1. The van der Waals surface area contributed by atoms with Gasteiger partial charge < -0.3 is 14.4 Å². The van der Waals surface area contributed by atoms with Gasteiger partial charge in [0.15, 0.2) is 16.2 Å². The van der Waals surface area contributed by atoms with Crippen molar-refractivity contribution in [2.45, 2.75) is 13.5 Å². The molecule has 1 saturated heterocycles. The molecule has 2 rings (SSSR count). The summed E-state index contributed by atoms with van der Waals surface area (Å²) >= 11 is 7.01. The molecule has 0 atom stereocenters. The Morgan fingerprint density at radius 3 is 2.95 bits per heavy atom. The lowest BCUT2D eigenvalue weighted by atomic mass is 10.4. The molecule has 22 heavy (non-hydrogen) atoms. The van der Waals surface area contributed by atoms with Crippen LogP contribution in [0.4, 0.5) is 0 Å². The first-order valence-corrected chi connectivity index (χ1v) is 7.19. The van der Waals surface area contributed by atoms with E-state index in [-0.39, 0.29) is 32.7 Å². The molecule has 1 fully saturated rings. The molecular weight excluding hydrogens is 338 g/mol. The van der Waals surface area contributed by atoms with Gasteiger partial charge in [-0.3, -0.25) is 9.69 Å². The molecule has 0 bridgehead atoms. The zero-order valence-electron chi connectivity index (χ0n) is 11.5. The van der Waals surface area contributed by atoms with E-state index in [0.29, 0.717) is 4.47 Å². The topological polar surface area (TPSA) is 110 Å². The Bertz CT molecular complexity index is 594. The summed E-state index contributed by atoms with van der Waals surface area (Å²) in [5.74, 6) is -0.464. The number of hydrogen-bond acceptors (Lipinski definition) is 7. The van der Waals surface area contributed by atoms with Crippen molar-refractivity contribution in [3.63, 3.8) is 0 Å². The second kappa shape index (κ2) is 7.33. The Balaban J connectivity index is 2.15. The van der Waals surface area contributed by atoms with E-state index in [1.165, 1.54) is 28.1 Å². The molecule has 10 nitrogen and oxygen atoms in total. The number of hydrogen-bond donors (Lipinski definition) is 0. The highest BCUT2D eigenvalue weighted by Crippen LogP contribution is 2.21. The van der Waals surface area contributed by atoms with Crippen LogP contribution >= 0.6 is 22.9 Å². The maximum atomic E-state index is 10.9. The van der Waals surface area contributed by atoms with Gasteiger partial charge in [-0.05, 0) is 0 Å². The number of halogens is 1. The van der Waals surface area contributed by atoms with Crippen LogP contribution in [0.3, 0.4) is 0 Å². The number of nitro groups is 1. The highest BCUT2D eigenvalue weighted by molar-refractivity contribution is 7.15. The molecule has 1 aliphatic rings. The summed E-state index contributed by atoms with van der Waals surface area (Å²) in [7, 11) is 0. The number of hydrazone groups is 1. The minimum absolute atomic E-state index is 0.0277. The van der Waals surface area contributed by atoms with E-state index in [4.69, 9.17) is 21.1 Å². The average Bonchev–Trinajstić information content (AvgIpc) is 2.84. The number of esters is 1. The fourth-order valence-electron chi connectivity index (χ4n) is 1.70. The van der Waals surface area contributed by atoms with Gasteiger partial charge in [-0.2, -0.15) is 0 Å². The van der Waals surface area contributed by atoms with Crippen molar-refractivity contribution in [2.24, 2.45) is 5.10 Å². The Hall–Kier alpha value is -1.98. The zero-order chi connectivity index (χ0) is 16.1. The molecule has 12 heteroatoms. The second-order valence-corrected chi connectivity index (χ2v) is 5.88. The molecule has 0 spiro atoms. The van der Waals surface area contributed by atoms with E-state index < -0.39 is 11.0 Å². The summed E-state index contributed by atoms with van der Waals surface area (Å²) < 4.78 is 10.5. The lowest BCUT2D eigenvalue weighted by Crippen LogP contribution is -2.52. The lowest BCUT2D eigenvalue weighted by Gasteiger charge is -2.35. The average molecular weight is 350 g/mol. The smallest absolute Gasteiger partial charge is 0.304 e. The summed E-state index contributed by atoms with van der Waals surface area (Å²) in [5, 5.41) is 13.3. The maximum absolute atomic E-state index is 10.9. The maximum Gasteiger partial charge on any atom is 0.304 e. The molecule has 0 unspecified atom stereocenters. The van der Waals surface area contributed by atoms with Crippen LogP contribution in [0.2, 0.25) is 4.47 Å². The fraction of sp³-hybridized carbons (Fsp3) is 0.500. The van der Waals surface area contributed by atoms with Gasteiger partial charge in [0.05, 0.1) is 6.54 Å². The second-order valence-electron chi connectivity index (χ2n) is 4.18. The minimum Gasteiger partial charge on any atom is -0.444 e. The minimum atomic E-state index is -0.811. The molecule has 120 valence electrons. The molecule has 0 N–H and O–H groups in total. The van der Waals surface area contributed by atoms with E-state index in [2.05, 4.69) is 10.1 Å². The molecular formula is C10H12ClN5O5S. The third-order valence-corrected chi connectivity index (χ3v) is 3.63. The Morgan fingerprint density at radius 2 is 2.36 bits per heavy atom. The fourth-order valence-corrected chi connectivity index (χ4v) is 2.69. The van der Waals surface area contributed by atoms with Gasteiger partial charge in [-0.1, -0.05) is 11.6 Å². The number of guanidine groups is 1. The van der Waals surface area contributed by atoms with E-state index >= 15 is 0 Å². The molecule has 0 radical (unpaired) electrons. The largest absolute Gasteiger partial charge is 0.444 e. The van der Waals surface area contributed by atoms with E-state index in [9.17, 15) is 14.9 Å². The molecule has 1 aliphatic heterocycles. The van der Waals surface area contributed by atoms with Crippen molar-refractivity contribution in [2.75, 3.05) is 20.2 Å². The van der Waals surface area contributed by atoms with Crippen molar-refractivity contribution in [3.05, 3.63) is 25.7 Å². The summed E-state index contributed by atoms with van der Waals surface area (Å²) in [5.41, 5.74) is 0. The van der Waals surface area contributed by atoms with Crippen LogP contribution in [0.5, 0.6) is 0 Å². The molecule has 1 aromatic rings. The van der Waals surface area contributed by atoms with Crippen LogP contribution in [0, 0.1) is 10.1 Å². The molecule has 2 heterocycles. The van der Waals surface area contributed by atoms with Crippen molar-refractivity contribution < 1.29 is 19.3 Å². The third-order valence-electron chi connectivity index (χ3n) is 2.53. The normalized spacial score (nSPS) is 16.9. The summed E-state index contributed by atoms with van der Waals surface area (Å²) in [6.07, 6.45) is 1.57. The standard InChI is InChI=1S/C10H12ClN5O5S/c1-7(17)21-6-15-5-20-4-14(10(15)13-16(18)19)3-8-2-12-9(11)22-8/h2H,3-6H2,1H3/b13-10+. The predicted octanol–water partition coefficient (Wildman–Crippen LogP) is 0.914. The predicted molar refractivity (Wildman–Crippen MR) is 76.4 cm³/mol. The first-order valence-electron chi connectivity index (χ1n) is 6.00. The Kier molecular flexibility index (Phi) is 5.46. The van der Waals surface area contributed by atoms with Crippen molar-refractivity contribution in [1.29, 1.82) is 0 Å². The first kappa shape index (κ1) is 16.4. The van der Waals surface area contributed by atoms with E-state index in [0.717, 1.165) is 4.88 Å². The summed E-state index contributed by atoms with van der Waals surface area (Å²) in [4.78, 5) is 29.2. The molecule has 0 amide bonds. The van der Waals surface area contributed by atoms with Gasteiger partial charge in [-0.25, -0.2) is 15.1 Å². The Morgan fingerprint density at radius 1 is 1.64 bits per heavy atom. The van der Waals surface area contributed by atoms with Crippen LogP contribution in [0.25, 0.3) is 0 Å². The molecule has 0 saturated carbocycles. The van der Waals surface area contributed by atoms with Gasteiger partial charge >= 0.3 is 5.97 Å². The van der Waals surface area contributed by atoms with E-state index in [1.807, 2.05) is 0 Å². The van der Waals surface area contributed by atoms with Crippen molar-refractivity contribution in [1.82, 2.24) is 14.8 Å². The molecule has 0 aromatic carbocycles. The third kappa shape index (κ3) is 4.51. The zero-order valence-corrected chi connectivity index (χ0v) is 13.0. The van der Waals surface area contributed by atoms with Gasteiger partial charge in [0.25, 0.3) is 5.96 Å². The van der Waals surface area contributed by atoms with Crippen LogP contribution in [0.15, 0.2) is 11.3 Å². The first-order chi connectivity index (χ1) is 10.5. The van der Waals surface area contributed by atoms with Crippen LogP contribution < -0.4 is 0 Å². The number of thiazole rings is 1. The molecule has 0 aliphatic carbocycles. The number of rotatable bonds is 5. The number of ether oxygens (including phenoxy) is 2. The van der Waals surface area contributed by atoms with Crippen molar-refractivity contribution in [3.8, 4) is 0 Å². The number of carbonyl (C=O) groups excluding carboxylic acids is 1. The van der Waals surface area contributed by atoms with Gasteiger partial charge in [0.2, 0.25) is 0 Å². The quantitative estimate of drug-likeness (QED) is 0.438. The monoisotopic (exact) mass is 349 g/mol. The highest BCUT2D eigenvalue weighted by atomic mass is 35.5. The highest BCUT2D eigenvalue weighted by Gasteiger charge is 2.28. The van der Waals surface area contributed by atoms with E-state index in [1.54, 1.807) is 6.20 Å². The summed E-state index contributed by atoms with van der Waals surface area (Å²) in [6, 6.07) is 0. The van der Waals surface area contributed by atoms with Crippen LogP contribution in [-0.2, 0) is 20.8 Å². The molecule has 1 aromatic heterocycles. The van der Waals surface area contributed by atoms with Crippen LogP contribution in [-0.4, -0.2) is 51.9 Å². The lowest BCUT2D eigenvalue weighted by molar-refractivity contribution is -0.486. The Labute approximate surface area is 134 Å². The van der Waals surface area contributed by atoms with Gasteiger partial charge in [0, 0.05) is 18.0 Å². The number of aromatic nitrogens is 1.